The molecule has 2 aromatic carbocycles. The van der Waals surface area contributed by atoms with Crippen molar-refractivity contribution in [2.45, 2.75) is 84.0 Å². The molecule has 0 atom stereocenters. The Morgan fingerprint density at radius 1 is 0.889 bits per heavy atom. The van der Waals surface area contributed by atoms with Crippen LogP contribution in [0.15, 0.2) is 47.8 Å². The molecule has 3 heterocycles. The third-order valence-electron chi connectivity index (χ3n) is 9.14. The summed E-state index contributed by atoms with van der Waals surface area (Å²) >= 11 is 1.80. The molecule has 9 heteroatoms. The SMILES string of the molecule is CCCCCCCCCCN(C(=O)O)N1C(=O)CCc2ccc(OCCCCN3CCN(c4cccc5sccc45)CC3)cc21. The lowest BCUT2D eigenvalue weighted by Gasteiger charge is -2.37. The number of carboxylic acid groups (broad SMARTS) is 1. The number of carbonyl (C=O) groups excluding carboxylic acids is 1. The van der Waals surface area contributed by atoms with Gasteiger partial charge in [-0.05, 0) is 67.4 Å². The molecule has 1 N–H and O–H groups in total. The van der Waals surface area contributed by atoms with E-state index in [0.717, 1.165) is 70.4 Å². The number of hydrogen-bond acceptors (Lipinski definition) is 6. The summed E-state index contributed by atoms with van der Waals surface area (Å²) in [5.74, 6) is 0.510. The Hall–Kier alpha value is -3.30. The molecule has 0 bridgehead atoms. The minimum atomic E-state index is -1.09. The first kappa shape index (κ1) is 33.1. The molecule has 2 aliphatic heterocycles. The van der Waals surface area contributed by atoms with Crippen molar-refractivity contribution < 1.29 is 19.4 Å². The van der Waals surface area contributed by atoms with Gasteiger partial charge in [0.25, 0.3) is 0 Å². The monoisotopic (exact) mass is 634 g/mol. The van der Waals surface area contributed by atoms with Gasteiger partial charge in [-0.15, -0.1) is 11.3 Å². The Balaban J connectivity index is 1.06. The summed E-state index contributed by atoms with van der Waals surface area (Å²) in [5, 5.41) is 16.2. The van der Waals surface area contributed by atoms with Crippen LogP contribution < -0.4 is 14.6 Å². The van der Waals surface area contributed by atoms with Gasteiger partial charge in [0.2, 0.25) is 5.91 Å². The van der Waals surface area contributed by atoms with Gasteiger partial charge in [0.05, 0.1) is 12.3 Å². The van der Waals surface area contributed by atoms with Crippen molar-refractivity contribution in [1.29, 1.82) is 0 Å². The molecular formula is C36H50N4O4S. The van der Waals surface area contributed by atoms with Crippen molar-refractivity contribution in [1.82, 2.24) is 9.91 Å². The van der Waals surface area contributed by atoms with E-state index in [1.54, 1.807) is 11.3 Å². The maximum Gasteiger partial charge on any atom is 0.426 e. The van der Waals surface area contributed by atoms with Gasteiger partial charge in [0.15, 0.2) is 0 Å². The fourth-order valence-corrected chi connectivity index (χ4v) is 7.37. The molecule has 0 saturated carbocycles. The van der Waals surface area contributed by atoms with Gasteiger partial charge >= 0.3 is 6.09 Å². The fraction of sp³-hybridized carbons (Fsp3) is 0.556. The van der Waals surface area contributed by atoms with Crippen LogP contribution in [0.3, 0.4) is 0 Å². The first-order valence-electron chi connectivity index (χ1n) is 17.1. The first-order chi connectivity index (χ1) is 22.0. The second kappa shape index (κ2) is 16.9. The van der Waals surface area contributed by atoms with Crippen molar-refractivity contribution in [2.75, 3.05) is 55.8 Å². The molecule has 244 valence electrons. The molecule has 1 fully saturated rings. The Labute approximate surface area is 272 Å². The lowest BCUT2D eigenvalue weighted by Crippen LogP contribution is -2.51. The molecule has 2 aliphatic rings. The number of aryl methyl sites for hydroxylation is 1. The smallest absolute Gasteiger partial charge is 0.426 e. The Bertz CT molecular complexity index is 1390. The fourth-order valence-electron chi connectivity index (χ4n) is 6.56. The number of nitrogens with zero attached hydrogens (tertiary/aromatic N) is 4. The minimum Gasteiger partial charge on any atom is -0.494 e. The highest BCUT2D eigenvalue weighted by molar-refractivity contribution is 7.17. The van der Waals surface area contributed by atoms with E-state index in [-0.39, 0.29) is 5.91 Å². The van der Waals surface area contributed by atoms with Crippen LogP contribution in [0.1, 0.15) is 83.1 Å². The predicted octanol–water partition coefficient (Wildman–Crippen LogP) is 8.20. The maximum absolute atomic E-state index is 13.0. The van der Waals surface area contributed by atoms with Crippen LogP contribution in [0.25, 0.3) is 10.1 Å². The summed E-state index contributed by atoms with van der Waals surface area (Å²) in [6, 6.07) is 14.6. The van der Waals surface area contributed by atoms with Crippen molar-refractivity contribution in [2.24, 2.45) is 0 Å². The first-order valence-corrected chi connectivity index (χ1v) is 18.0. The zero-order valence-electron chi connectivity index (χ0n) is 26.9. The largest absolute Gasteiger partial charge is 0.494 e. The van der Waals surface area contributed by atoms with Gasteiger partial charge in [0.1, 0.15) is 5.75 Å². The molecule has 0 aliphatic carbocycles. The van der Waals surface area contributed by atoms with E-state index in [9.17, 15) is 14.7 Å². The molecule has 1 aromatic heterocycles. The normalized spacial score (nSPS) is 15.4. The van der Waals surface area contributed by atoms with Gasteiger partial charge in [-0.3, -0.25) is 9.69 Å². The lowest BCUT2D eigenvalue weighted by molar-refractivity contribution is -0.121. The highest BCUT2D eigenvalue weighted by atomic mass is 32.1. The number of ether oxygens (including phenoxy) is 1. The number of fused-ring (bicyclic) bond motifs is 2. The second-order valence-corrected chi connectivity index (χ2v) is 13.3. The molecule has 2 amide bonds. The molecule has 0 radical (unpaired) electrons. The molecule has 3 aromatic rings. The van der Waals surface area contributed by atoms with Crippen LogP contribution in [0.4, 0.5) is 16.2 Å². The van der Waals surface area contributed by atoms with E-state index >= 15 is 0 Å². The second-order valence-electron chi connectivity index (χ2n) is 12.4. The van der Waals surface area contributed by atoms with E-state index in [4.69, 9.17) is 4.74 Å². The standard InChI is InChI=1S/C36H50N4O4S/c1-2-3-4-5-6-7-8-9-21-39(36(42)43)40-33-28-30(17-15-29(33)16-18-35(40)41)44-26-11-10-20-37-22-24-38(25-23-37)32-13-12-14-34-31(32)19-27-45-34/h12-15,17,19,27-28H,2-11,16,18,20-26H2,1H3,(H,42,43). The average Bonchev–Trinajstić information content (AvgIpc) is 3.54. The Kier molecular flexibility index (Phi) is 12.4. The number of hydrazine groups is 1. The topological polar surface area (TPSA) is 76.6 Å². The van der Waals surface area contributed by atoms with Crippen molar-refractivity contribution >= 4 is 44.8 Å². The average molecular weight is 635 g/mol. The highest BCUT2D eigenvalue weighted by Crippen LogP contribution is 2.34. The summed E-state index contributed by atoms with van der Waals surface area (Å²) in [6.07, 6.45) is 10.9. The number of unbranched alkanes of at least 4 members (excludes halogenated alkanes) is 8. The number of amides is 2. The molecule has 0 spiro atoms. The summed E-state index contributed by atoms with van der Waals surface area (Å²) in [4.78, 5) is 30.4. The van der Waals surface area contributed by atoms with Gasteiger partial charge in [-0.25, -0.2) is 14.8 Å². The number of rotatable bonds is 17. The van der Waals surface area contributed by atoms with Crippen molar-refractivity contribution in [3.8, 4) is 5.75 Å². The third kappa shape index (κ3) is 8.91. The van der Waals surface area contributed by atoms with Crippen LogP contribution in [-0.4, -0.2) is 72.9 Å². The summed E-state index contributed by atoms with van der Waals surface area (Å²) in [7, 11) is 0. The Morgan fingerprint density at radius 3 is 2.44 bits per heavy atom. The number of thiophene rings is 1. The maximum atomic E-state index is 13.0. The number of carbonyl (C=O) groups is 2. The number of hydrogen-bond donors (Lipinski definition) is 1. The van der Waals surface area contributed by atoms with Crippen molar-refractivity contribution in [3.63, 3.8) is 0 Å². The van der Waals surface area contributed by atoms with E-state index in [0.29, 0.717) is 37.4 Å². The molecular weight excluding hydrogens is 584 g/mol. The van der Waals surface area contributed by atoms with Crippen LogP contribution in [0, 0.1) is 0 Å². The lowest BCUT2D eigenvalue weighted by atomic mass is 10.0. The number of benzene rings is 2. The predicted molar refractivity (Wildman–Crippen MR) is 185 cm³/mol. The molecule has 0 unspecified atom stereocenters. The zero-order valence-corrected chi connectivity index (χ0v) is 27.7. The van der Waals surface area contributed by atoms with Crippen molar-refractivity contribution in [3.05, 3.63) is 53.4 Å². The highest BCUT2D eigenvalue weighted by Gasteiger charge is 2.32. The summed E-state index contributed by atoms with van der Waals surface area (Å²) in [6.45, 7) is 8.40. The Morgan fingerprint density at radius 2 is 1.67 bits per heavy atom. The van der Waals surface area contributed by atoms with E-state index < -0.39 is 6.09 Å². The summed E-state index contributed by atoms with van der Waals surface area (Å²) < 4.78 is 7.47. The summed E-state index contributed by atoms with van der Waals surface area (Å²) in [5.41, 5.74) is 2.98. The van der Waals surface area contributed by atoms with E-state index in [1.807, 2.05) is 18.2 Å². The van der Waals surface area contributed by atoms with Crippen LogP contribution in [-0.2, 0) is 11.2 Å². The van der Waals surface area contributed by atoms with Crippen LogP contribution in [0.5, 0.6) is 5.75 Å². The molecule has 45 heavy (non-hydrogen) atoms. The minimum absolute atomic E-state index is 0.172. The number of piperazine rings is 1. The van der Waals surface area contributed by atoms with E-state index in [1.165, 1.54) is 57.9 Å². The zero-order chi connectivity index (χ0) is 31.4. The van der Waals surface area contributed by atoms with Gasteiger partial charge in [-0.2, -0.15) is 0 Å². The van der Waals surface area contributed by atoms with Crippen LogP contribution >= 0.6 is 11.3 Å². The molecule has 8 nitrogen and oxygen atoms in total. The molecule has 5 rings (SSSR count). The third-order valence-corrected chi connectivity index (χ3v) is 10.0. The number of anilines is 2. The van der Waals surface area contributed by atoms with Gasteiger partial charge < -0.3 is 14.7 Å². The van der Waals surface area contributed by atoms with Gasteiger partial charge in [-0.1, -0.05) is 64.0 Å². The van der Waals surface area contributed by atoms with Crippen LogP contribution in [0.2, 0.25) is 0 Å². The van der Waals surface area contributed by atoms with E-state index in [2.05, 4.69) is 46.4 Å². The van der Waals surface area contributed by atoms with Gasteiger partial charge in [0, 0.05) is 61.0 Å². The quantitative estimate of drug-likeness (QED) is 0.151. The molecule has 1 saturated heterocycles.